The molecule has 0 aliphatic carbocycles. The molecule has 0 aliphatic heterocycles. The largest absolute Gasteiger partial charge is 0.345 e. The van der Waals surface area contributed by atoms with Crippen molar-refractivity contribution in [3.63, 3.8) is 0 Å². The molecule has 2 nitrogen and oxygen atoms in total. The Labute approximate surface area is 92.3 Å². The summed E-state index contributed by atoms with van der Waals surface area (Å²) in [6, 6.07) is 3.80. The number of rotatable bonds is 8. The second-order valence-corrected chi connectivity index (χ2v) is 4.01. The fraction of sp³-hybridized carbons (Fsp3) is 0.615. The molecule has 15 heavy (non-hydrogen) atoms. The van der Waals surface area contributed by atoms with Gasteiger partial charge in [-0.1, -0.05) is 39.0 Å². The maximum Gasteiger partial charge on any atom is 0.166 e. The van der Waals surface area contributed by atoms with Gasteiger partial charge in [0.25, 0.3) is 0 Å². The predicted octanol–water partition coefficient (Wildman–Crippen LogP) is 3.66. The fourth-order valence-electron chi connectivity index (χ4n) is 1.80. The quantitative estimate of drug-likeness (QED) is 0.471. The highest BCUT2D eigenvalue weighted by Crippen LogP contribution is 2.07. The number of aryl methyl sites for hydroxylation is 1. The van der Waals surface area contributed by atoms with Crippen molar-refractivity contribution in [2.45, 2.75) is 52.0 Å². The average Bonchev–Trinajstić information content (AvgIpc) is 2.70. The van der Waals surface area contributed by atoms with Gasteiger partial charge in [-0.15, -0.1) is 0 Å². The Morgan fingerprint density at radius 1 is 1.20 bits per heavy atom. The molecule has 0 saturated heterocycles. The van der Waals surface area contributed by atoms with Gasteiger partial charge >= 0.3 is 0 Å². The van der Waals surface area contributed by atoms with E-state index in [-0.39, 0.29) is 0 Å². The monoisotopic (exact) mass is 207 g/mol. The van der Waals surface area contributed by atoms with Crippen LogP contribution in [0, 0.1) is 0 Å². The van der Waals surface area contributed by atoms with Gasteiger partial charge in [0, 0.05) is 12.7 Å². The van der Waals surface area contributed by atoms with Crippen LogP contribution in [0.2, 0.25) is 0 Å². The lowest BCUT2D eigenvalue weighted by Gasteiger charge is -2.04. The molecule has 0 bridgehead atoms. The summed E-state index contributed by atoms with van der Waals surface area (Å²) in [7, 11) is 0. The van der Waals surface area contributed by atoms with E-state index in [2.05, 4.69) is 6.92 Å². The molecule has 1 heterocycles. The van der Waals surface area contributed by atoms with Crippen molar-refractivity contribution in [2.75, 3.05) is 0 Å². The standard InChI is InChI=1S/C13H21NO/c1-2-3-4-5-6-7-10-14-11-8-9-13(14)12-15/h8-9,11-12H,2-7,10H2,1H3. The molecule has 1 aromatic heterocycles. The number of unbranched alkanes of at least 4 members (excludes halogenated alkanes) is 5. The number of aldehydes is 1. The second kappa shape index (κ2) is 7.27. The van der Waals surface area contributed by atoms with Crippen molar-refractivity contribution in [1.82, 2.24) is 4.57 Å². The highest BCUT2D eigenvalue weighted by Gasteiger charge is 1.98. The van der Waals surface area contributed by atoms with Crippen LogP contribution in [0.5, 0.6) is 0 Å². The molecule has 1 aromatic rings. The minimum atomic E-state index is 0.795. The summed E-state index contributed by atoms with van der Waals surface area (Å²) in [6.07, 6.45) is 10.7. The van der Waals surface area contributed by atoms with Crippen molar-refractivity contribution in [1.29, 1.82) is 0 Å². The summed E-state index contributed by atoms with van der Waals surface area (Å²) in [5.41, 5.74) is 0.795. The van der Waals surface area contributed by atoms with Crippen LogP contribution in [-0.4, -0.2) is 10.9 Å². The van der Waals surface area contributed by atoms with E-state index < -0.39 is 0 Å². The maximum absolute atomic E-state index is 10.6. The number of hydrogen-bond acceptors (Lipinski definition) is 1. The molecule has 0 aromatic carbocycles. The molecule has 0 radical (unpaired) electrons. The Morgan fingerprint density at radius 3 is 2.67 bits per heavy atom. The normalized spacial score (nSPS) is 10.5. The lowest BCUT2D eigenvalue weighted by atomic mass is 10.1. The first-order valence-corrected chi connectivity index (χ1v) is 5.98. The third-order valence-electron chi connectivity index (χ3n) is 2.74. The van der Waals surface area contributed by atoms with Crippen LogP contribution in [0.25, 0.3) is 0 Å². The second-order valence-electron chi connectivity index (χ2n) is 4.01. The Bertz CT molecular complexity index is 278. The van der Waals surface area contributed by atoms with Crippen LogP contribution >= 0.6 is 0 Å². The third-order valence-corrected chi connectivity index (χ3v) is 2.74. The van der Waals surface area contributed by atoms with Gasteiger partial charge in [-0.3, -0.25) is 4.79 Å². The molecule has 0 aliphatic rings. The Balaban J connectivity index is 2.12. The van der Waals surface area contributed by atoms with Crippen molar-refractivity contribution < 1.29 is 4.79 Å². The molecule has 0 N–H and O–H groups in total. The molecule has 0 fully saturated rings. The first-order valence-electron chi connectivity index (χ1n) is 5.98. The first-order chi connectivity index (χ1) is 7.38. The summed E-state index contributed by atoms with van der Waals surface area (Å²) >= 11 is 0. The maximum atomic E-state index is 10.6. The van der Waals surface area contributed by atoms with Gasteiger partial charge in [-0.05, 0) is 18.6 Å². The van der Waals surface area contributed by atoms with E-state index in [1.807, 2.05) is 22.9 Å². The van der Waals surface area contributed by atoms with Gasteiger partial charge in [0.1, 0.15) is 0 Å². The molecule has 0 saturated carbocycles. The van der Waals surface area contributed by atoms with Gasteiger partial charge < -0.3 is 4.57 Å². The minimum absolute atomic E-state index is 0.795. The highest BCUT2D eigenvalue weighted by molar-refractivity contribution is 5.72. The van der Waals surface area contributed by atoms with Crippen LogP contribution in [0.1, 0.15) is 55.9 Å². The average molecular weight is 207 g/mol. The predicted molar refractivity (Wildman–Crippen MR) is 63.2 cm³/mol. The van der Waals surface area contributed by atoms with Crippen LogP contribution in [0.15, 0.2) is 18.3 Å². The lowest BCUT2D eigenvalue weighted by molar-refractivity contribution is 0.111. The molecule has 0 unspecified atom stereocenters. The molecule has 0 atom stereocenters. The molecular formula is C13H21NO. The van der Waals surface area contributed by atoms with Crippen molar-refractivity contribution in [2.24, 2.45) is 0 Å². The van der Waals surface area contributed by atoms with E-state index in [1.54, 1.807) is 0 Å². The first kappa shape index (κ1) is 12.0. The van der Waals surface area contributed by atoms with E-state index in [4.69, 9.17) is 0 Å². The zero-order valence-corrected chi connectivity index (χ0v) is 9.61. The van der Waals surface area contributed by atoms with Gasteiger partial charge in [0.15, 0.2) is 6.29 Å². The van der Waals surface area contributed by atoms with Gasteiger partial charge in [-0.25, -0.2) is 0 Å². The minimum Gasteiger partial charge on any atom is -0.345 e. The highest BCUT2D eigenvalue weighted by atomic mass is 16.1. The van der Waals surface area contributed by atoms with Gasteiger partial charge in [-0.2, -0.15) is 0 Å². The zero-order valence-electron chi connectivity index (χ0n) is 9.61. The Morgan fingerprint density at radius 2 is 1.93 bits per heavy atom. The number of aromatic nitrogens is 1. The summed E-state index contributed by atoms with van der Waals surface area (Å²) in [5, 5.41) is 0. The molecular weight excluding hydrogens is 186 g/mol. The summed E-state index contributed by atoms with van der Waals surface area (Å²) < 4.78 is 2.03. The molecule has 2 heteroatoms. The van der Waals surface area contributed by atoms with E-state index in [9.17, 15) is 4.79 Å². The van der Waals surface area contributed by atoms with Crippen molar-refractivity contribution in [3.05, 3.63) is 24.0 Å². The molecule has 1 rings (SSSR count). The van der Waals surface area contributed by atoms with E-state index in [0.717, 1.165) is 18.5 Å². The van der Waals surface area contributed by atoms with Crippen LogP contribution in [0.4, 0.5) is 0 Å². The summed E-state index contributed by atoms with van der Waals surface area (Å²) in [6.45, 7) is 3.21. The zero-order chi connectivity index (χ0) is 10.9. The van der Waals surface area contributed by atoms with E-state index in [0.29, 0.717) is 0 Å². The Kier molecular flexibility index (Phi) is 5.83. The number of carbonyl (C=O) groups is 1. The van der Waals surface area contributed by atoms with Crippen LogP contribution in [0.3, 0.4) is 0 Å². The van der Waals surface area contributed by atoms with Gasteiger partial charge in [0.05, 0.1) is 5.69 Å². The topological polar surface area (TPSA) is 22.0 Å². The lowest BCUT2D eigenvalue weighted by Crippen LogP contribution is -2.00. The fourth-order valence-corrected chi connectivity index (χ4v) is 1.80. The van der Waals surface area contributed by atoms with Gasteiger partial charge in [0.2, 0.25) is 0 Å². The number of nitrogens with zero attached hydrogens (tertiary/aromatic N) is 1. The van der Waals surface area contributed by atoms with Crippen molar-refractivity contribution >= 4 is 6.29 Å². The van der Waals surface area contributed by atoms with E-state index >= 15 is 0 Å². The molecule has 84 valence electrons. The summed E-state index contributed by atoms with van der Waals surface area (Å²) in [5.74, 6) is 0. The number of carbonyl (C=O) groups excluding carboxylic acids is 1. The smallest absolute Gasteiger partial charge is 0.166 e. The number of hydrogen-bond donors (Lipinski definition) is 0. The Hall–Kier alpha value is -1.05. The van der Waals surface area contributed by atoms with E-state index in [1.165, 1.54) is 38.5 Å². The van der Waals surface area contributed by atoms with Crippen molar-refractivity contribution in [3.8, 4) is 0 Å². The molecule has 0 amide bonds. The molecule has 0 spiro atoms. The SMILES string of the molecule is CCCCCCCCn1cccc1C=O. The summed E-state index contributed by atoms with van der Waals surface area (Å²) in [4.78, 5) is 10.6. The van der Waals surface area contributed by atoms with Crippen LogP contribution < -0.4 is 0 Å². The van der Waals surface area contributed by atoms with Crippen LogP contribution in [-0.2, 0) is 6.54 Å². The third kappa shape index (κ3) is 4.32.